The summed E-state index contributed by atoms with van der Waals surface area (Å²) in [4.78, 5) is 15.5. The van der Waals surface area contributed by atoms with E-state index >= 15 is 0 Å². The Morgan fingerprint density at radius 3 is 2.65 bits per heavy atom. The maximum atomic E-state index is 13.2. The van der Waals surface area contributed by atoms with E-state index < -0.39 is 15.8 Å². The molecule has 0 spiro atoms. The third kappa shape index (κ3) is 4.61. The molecule has 1 aromatic carbocycles. The van der Waals surface area contributed by atoms with Crippen LogP contribution in [0.15, 0.2) is 46.7 Å². The fourth-order valence-corrected chi connectivity index (χ4v) is 5.82. The molecule has 1 fully saturated rings. The average Bonchev–Trinajstić information content (AvgIpc) is 3.31. The van der Waals surface area contributed by atoms with Crippen LogP contribution in [0.5, 0.6) is 0 Å². The second-order valence-corrected chi connectivity index (χ2v) is 10.3. The number of nitrogens with one attached hydrogen (secondary N) is 1. The Morgan fingerprint density at radius 2 is 1.94 bits per heavy atom. The van der Waals surface area contributed by atoms with Crippen molar-refractivity contribution < 1.29 is 17.6 Å². The number of carbonyl (C=O) groups is 1. The first-order chi connectivity index (χ1) is 14.9. The average molecular weight is 482 g/mol. The van der Waals surface area contributed by atoms with E-state index in [0.29, 0.717) is 23.6 Å². The van der Waals surface area contributed by atoms with Gasteiger partial charge in [-0.3, -0.25) is 14.5 Å². The Bertz CT molecular complexity index is 1220. The maximum Gasteiger partial charge on any atom is 0.243 e. The number of rotatable bonds is 5. The minimum absolute atomic E-state index is 0.0211. The molecule has 164 valence electrons. The van der Waals surface area contributed by atoms with Gasteiger partial charge in [0.25, 0.3) is 0 Å². The van der Waals surface area contributed by atoms with E-state index in [1.54, 1.807) is 9.47 Å². The fraction of sp³-hybridized carbons (Fsp3) is 0.316. The summed E-state index contributed by atoms with van der Waals surface area (Å²) >= 11 is 6.79. The highest BCUT2D eigenvalue weighted by Gasteiger charge is 2.28. The molecule has 0 bridgehead atoms. The van der Waals surface area contributed by atoms with Gasteiger partial charge in [-0.25, -0.2) is 12.8 Å². The largest absolute Gasteiger partial charge is 0.340 e. The summed E-state index contributed by atoms with van der Waals surface area (Å²) in [6.45, 7) is 1.18. The highest BCUT2D eigenvalue weighted by molar-refractivity contribution is 7.89. The van der Waals surface area contributed by atoms with E-state index in [9.17, 15) is 17.6 Å². The molecule has 31 heavy (non-hydrogen) atoms. The van der Waals surface area contributed by atoms with Crippen LogP contribution in [0.4, 0.5) is 4.39 Å². The van der Waals surface area contributed by atoms with Crippen molar-refractivity contribution in [3.05, 3.63) is 52.4 Å². The molecule has 1 aliphatic heterocycles. The molecule has 3 aromatic rings. The number of aromatic amines is 1. The minimum Gasteiger partial charge on any atom is -0.340 e. The molecule has 4 rings (SSSR count). The van der Waals surface area contributed by atoms with Crippen molar-refractivity contribution in [1.82, 2.24) is 24.0 Å². The lowest BCUT2D eigenvalue weighted by Gasteiger charge is -2.22. The Labute approximate surface area is 188 Å². The van der Waals surface area contributed by atoms with Gasteiger partial charge in [0, 0.05) is 26.2 Å². The summed E-state index contributed by atoms with van der Waals surface area (Å²) in [5, 5.41) is 8.88. The SMILES string of the molecule is O=C(Cn1c(-c2cccs2)n[nH]c1=S)N1CCCN(S(=O)(=O)c2ccc(F)cc2)CC1. The first-order valence-electron chi connectivity index (χ1n) is 9.59. The van der Waals surface area contributed by atoms with Crippen molar-refractivity contribution in [1.29, 1.82) is 0 Å². The summed E-state index contributed by atoms with van der Waals surface area (Å²) in [5.41, 5.74) is 0. The van der Waals surface area contributed by atoms with Gasteiger partial charge in [0.2, 0.25) is 15.9 Å². The summed E-state index contributed by atoms with van der Waals surface area (Å²) in [6.07, 6.45) is 0.501. The van der Waals surface area contributed by atoms with Gasteiger partial charge in [-0.05, 0) is 54.4 Å². The second-order valence-electron chi connectivity index (χ2n) is 7.01. The van der Waals surface area contributed by atoms with Crippen LogP contribution in [0.3, 0.4) is 0 Å². The predicted molar refractivity (Wildman–Crippen MR) is 117 cm³/mol. The van der Waals surface area contributed by atoms with E-state index in [1.807, 2.05) is 17.5 Å². The summed E-state index contributed by atoms with van der Waals surface area (Å²) in [6, 6.07) is 8.56. The Morgan fingerprint density at radius 1 is 1.16 bits per heavy atom. The van der Waals surface area contributed by atoms with E-state index in [4.69, 9.17) is 12.2 Å². The molecule has 0 saturated carbocycles. The number of halogens is 1. The Hall–Kier alpha value is -2.41. The lowest BCUT2D eigenvalue weighted by atomic mass is 10.3. The van der Waals surface area contributed by atoms with Gasteiger partial charge < -0.3 is 4.90 Å². The molecule has 0 aliphatic carbocycles. The Balaban J connectivity index is 1.46. The lowest BCUT2D eigenvalue weighted by molar-refractivity contribution is -0.131. The molecule has 8 nitrogen and oxygen atoms in total. The number of thiophene rings is 1. The van der Waals surface area contributed by atoms with E-state index in [0.717, 1.165) is 17.0 Å². The number of hydrogen-bond acceptors (Lipinski definition) is 6. The highest BCUT2D eigenvalue weighted by Crippen LogP contribution is 2.23. The zero-order valence-corrected chi connectivity index (χ0v) is 18.8. The topological polar surface area (TPSA) is 91.3 Å². The number of sulfonamides is 1. The van der Waals surface area contributed by atoms with Crippen LogP contribution in [0.1, 0.15) is 6.42 Å². The molecule has 0 unspecified atom stereocenters. The van der Waals surface area contributed by atoms with Crippen LogP contribution >= 0.6 is 23.6 Å². The molecule has 1 N–H and O–H groups in total. The minimum atomic E-state index is -3.75. The standard InChI is InChI=1S/C19H20FN5O3S3/c20-14-4-6-15(7-5-14)31(27,28)24-9-2-8-23(10-11-24)17(26)13-25-18(21-22-19(25)29)16-3-1-12-30-16/h1,3-7,12H,2,8-11,13H2,(H,22,29). The molecule has 12 heteroatoms. The summed E-state index contributed by atoms with van der Waals surface area (Å²) in [7, 11) is -3.75. The lowest BCUT2D eigenvalue weighted by Crippen LogP contribution is -2.38. The second kappa shape index (κ2) is 8.99. The molecule has 2 aromatic heterocycles. The third-order valence-electron chi connectivity index (χ3n) is 5.05. The number of hydrogen-bond donors (Lipinski definition) is 1. The first-order valence-corrected chi connectivity index (χ1v) is 12.3. The number of H-pyrrole nitrogens is 1. The zero-order valence-electron chi connectivity index (χ0n) is 16.4. The molecule has 0 atom stereocenters. The van der Waals surface area contributed by atoms with Crippen molar-refractivity contribution in [2.75, 3.05) is 26.2 Å². The number of benzene rings is 1. The van der Waals surface area contributed by atoms with Crippen LogP contribution in [0, 0.1) is 10.6 Å². The van der Waals surface area contributed by atoms with Gasteiger partial charge in [-0.15, -0.1) is 11.3 Å². The van der Waals surface area contributed by atoms with Gasteiger partial charge in [0.1, 0.15) is 12.4 Å². The van der Waals surface area contributed by atoms with Crippen molar-refractivity contribution in [3.63, 3.8) is 0 Å². The third-order valence-corrected chi connectivity index (χ3v) is 8.14. The number of amides is 1. The zero-order chi connectivity index (χ0) is 22.0. The first kappa shape index (κ1) is 21.8. The molecule has 1 aliphatic rings. The Kier molecular flexibility index (Phi) is 6.32. The van der Waals surface area contributed by atoms with Crippen LogP contribution in [-0.4, -0.2) is 64.5 Å². The highest BCUT2D eigenvalue weighted by atomic mass is 32.2. The molecular formula is C19H20FN5O3S3. The van der Waals surface area contributed by atoms with Crippen LogP contribution in [0.2, 0.25) is 0 Å². The smallest absolute Gasteiger partial charge is 0.243 e. The predicted octanol–water partition coefficient (Wildman–Crippen LogP) is 2.73. The van der Waals surface area contributed by atoms with Crippen LogP contribution in [0.25, 0.3) is 10.7 Å². The van der Waals surface area contributed by atoms with Crippen molar-refractivity contribution in [2.45, 2.75) is 17.9 Å². The van der Waals surface area contributed by atoms with Crippen molar-refractivity contribution in [2.24, 2.45) is 0 Å². The summed E-state index contributed by atoms with van der Waals surface area (Å²) < 4.78 is 42.3. The van der Waals surface area contributed by atoms with Gasteiger partial charge in [-0.2, -0.15) is 9.40 Å². The van der Waals surface area contributed by atoms with Crippen molar-refractivity contribution >= 4 is 39.5 Å². The monoisotopic (exact) mass is 481 g/mol. The normalized spacial score (nSPS) is 15.7. The van der Waals surface area contributed by atoms with Crippen LogP contribution < -0.4 is 0 Å². The molecule has 3 heterocycles. The quantitative estimate of drug-likeness (QED) is 0.566. The van der Waals surface area contributed by atoms with Gasteiger partial charge >= 0.3 is 0 Å². The molecular weight excluding hydrogens is 461 g/mol. The number of aromatic nitrogens is 3. The number of carbonyl (C=O) groups excluding carboxylic acids is 1. The molecule has 1 saturated heterocycles. The van der Waals surface area contributed by atoms with Gasteiger partial charge in [0.15, 0.2) is 10.6 Å². The van der Waals surface area contributed by atoms with E-state index in [-0.39, 0.29) is 37.0 Å². The fourth-order valence-electron chi connectivity index (χ4n) is 3.43. The number of nitrogens with zero attached hydrogens (tertiary/aromatic N) is 4. The van der Waals surface area contributed by atoms with E-state index in [2.05, 4.69) is 10.2 Å². The van der Waals surface area contributed by atoms with Crippen LogP contribution in [-0.2, 0) is 21.4 Å². The maximum absolute atomic E-state index is 13.2. The van der Waals surface area contributed by atoms with E-state index in [1.165, 1.54) is 27.8 Å². The van der Waals surface area contributed by atoms with Gasteiger partial charge in [0.05, 0.1) is 9.77 Å². The molecule has 0 radical (unpaired) electrons. The summed E-state index contributed by atoms with van der Waals surface area (Å²) in [5.74, 6) is -0.0496. The molecule has 1 amide bonds. The van der Waals surface area contributed by atoms with Crippen molar-refractivity contribution in [3.8, 4) is 10.7 Å². The van der Waals surface area contributed by atoms with Gasteiger partial charge in [-0.1, -0.05) is 6.07 Å².